The molecule has 1 fully saturated rings. The van der Waals surface area contributed by atoms with Gasteiger partial charge in [-0.25, -0.2) is 0 Å². The SMILES string of the molecule is CC(=O)NCc1cccc(C2CCCN2Cc2ccc3cc[nH]c3c2)n1. The molecule has 0 radical (unpaired) electrons. The van der Waals surface area contributed by atoms with Crippen LogP contribution in [0.2, 0.25) is 0 Å². The molecule has 3 aromatic rings. The minimum Gasteiger partial charge on any atom is -0.361 e. The van der Waals surface area contributed by atoms with E-state index in [-0.39, 0.29) is 5.91 Å². The van der Waals surface area contributed by atoms with Gasteiger partial charge in [-0.15, -0.1) is 0 Å². The van der Waals surface area contributed by atoms with Gasteiger partial charge >= 0.3 is 0 Å². The first-order chi connectivity index (χ1) is 12.7. The number of fused-ring (bicyclic) bond motifs is 1. The fraction of sp³-hybridized carbons (Fsp3) is 0.333. The van der Waals surface area contributed by atoms with Crippen molar-refractivity contribution in [2.45, 2.75) is 38.9 Å². The predicted molar refractivity (Wildman–Crippen MR) is 102 cm³/mol. The molecule has 0 aliphatic carbocycles. The smallest absolute Gasteiger partial charge is 0.217 e. The number of amides is 1. The van der Waals surface area contributed by atoms with Gasteiger partial charge in [0.1, 0.15) is 0 Å². The molecule has 1 aliphatic rings. The highest BCUT2D eigenvalue weighted by atomic mass is 16.1. The molecule has 1 amide bonds. The van der Waals surface area contributed by atoms with Crippen LogP contribution in [0.5, 0.6) is 0 Å². The summed E-state index contributed by atoms with van der Waals surface area (Å²) in [6, 6.07) is 15.2. The van der Waals surface area contributed by atoms with Gasteiger partial charge in [0.05, 0.1) is 24.0 Å². The maximum absolute atomic E-state index is 11.1. The number of pyridine rings is 1. The van der Waals surface area contributed by atoms with Crippen LogP contribution in [0.4, 0.5) is 0 Å². The molecule has 2 aromatic heterocycles. The molecule has 4 rings (SSSR count). The van der Waals surface area contributed by atoms with Crippen molar-refractivity contribution in [2.24, 2.45) is 0 Å². The van der Waals surface area contributed by atoms with Gasteiger partial charge in [-0.1, -0.05) is 18.2 Å². The lowest BCUT2D eigenvalue weighted by molar-refractivity contribution is -0.119. The third-order valence-electron chi connectivity index (χ3n) is 5.06. The lowest BCUT2D eigenvalue weighted by Crippen LogP contribution is -2.24. The Bertz CT molecular complexity index is 917. The summed E-state index contributed by atoms with van der Waals surface area (Å²) in [5.74, 6) is -0.0283. The van der Waals surface area contributed by atoms with Crippen LogP contribution in [0, 0.1) is 0 Å². The Morgan fingerprint density at radius 3 is 3.12 bits per heavy atom. The average Bonchev–Trinajstić information content (AvgIpc) is 3.29. The van der Waals surface area contributed by atoms with Crippen molar-refractivity contribution in [1.82, 2.24) is 20.2 Å². The van der Waals surface area contributed by atoms with Crippen molar-refractivity contribution >= 4 is 16.8 Å². The fourth-order valence-corrected chi connectivity index (χ4v) is 3.78. The zero-order chi connectivity index (χ0) is 17.9. The van der Waals surface area contributed by atoms with E-state index in [1.165, 1.54) is 29.8 Å². The van der Waals surface area contributed by atoms with E-state index in [0.717, 1.165) is 30.9 Å². The van der Waals surface area contributed by atoms with E-state index >= 15 is 0 Å². The number of aromatic amines is 1. The lowest BCUT2D eigenvalue weighted by Gasteiger charge is -2.24. The van der Waals surface area contributed by atoms with E-state index in [1.807, 2.05) is 18.3 Å². The summed E-state index contributed by atoms with van der Waals surface area (Å²) < 4.78 is 0. The van der Waals surface area contributed by atoms with Gasteiger partial charge in [0.25, 0.3) is 0 Å². The number of carbonyl (C=O) groups excluding carboxylic acids is 1. The molecule has 2 N–H and O–H groups in total. The largest absolute Gasteiger partial charge is 0.361 e. The van der Waals surface area contributed by atoms with E-state index < -0.39 is 0 Å². The lowest BCUT2D eigenvalue weighted by atomic mass is 10.1. The van der Waals surface area contributed by atoms with Gasteiger partial charge in [-0.3, -0.25) is 14.7 Å². The van der Waals surface area contributed by atoms with Crippen LogP contribution < -0.4 is 5.32 Å². The van der Waals surface area contributed by atoms with E-state index in [9.17, 15) is 4.79 Å². The van der Waals surface area contributed by atoms with E-state index in [0.29, 0.717) is 12.6 Å². The van der Waals surface area contributed by atoms with Gasteiger partial charge in [0.2, 0.25) is 5.91 Å². The molecule has 3 heterocycles. The van der Waals surface area contributed by atoms with Crippen molar-refractivity contribution in [3.8, 4) is 0 Å². The van der Waals surface area contributed by atoms with Gasteiger partial charge in [0, 0.05) is 25.2 Å². The van der Waals surface area contributed by atoms with Gasteiger partial charge in [-0.2, -0.15) is 0 Å². The Kier molecular flexibility index (Phi) is 4.71. The molecular formula is C21H24N4O. The molecule has 1 aliphatic heterocycles. The quantitative estimate of drug-likeness (QED) is 0.741. The van der Waals surface area contributed by atoms with Crippen LogP contribution in [0.25, 0.3) is 10.9 Å². The Morgan fingerprint density at radius 1 is 1.31 bits per heavy atom. The second-order valence-electron chi connectivity index (χ2n) is 6.99. The molecule has 0 spiro atoms. The average molecular weight is 348 g/mol. The summed E-state index contributed by atoms with van der Waals surface area (Å²) in [4.78, 5) is 21.7. The summed E-state index contributed by atoms with van der Waals surface area (Å²) in [5.41, 5.74) is 4.53. The van der Waals surface area contributed by atoms with Crippen molar-refractivity contribution in [3.05, 3.63) is 65.6 Å². The first-order valence-corrected chi connectivity index (χ1v) is 9.19. The molecule has 134 valence electrons. The number of hydrogen-bond donors (Lipinski definition) is 2. The molecule has 1 saturated heterocycles. The van der Waals surface area contributed by atoms with Gasteiger partial charge in [0.15, 0.2) is 0 Å². The third-order valence-corrected chi connectivity index (χ3v) is 5.06. The van der Waals surface area contributed by atoms with E-state index in [2.05, 4.69) is 45.5 Å². The van der Waals surface area contributed by atoms with E-state index in [1.54, 1.807) is 0 Å². The highest BCUT2D eigenvalue weighted by molar-refractivity contribution is 5.79. The minimum atomic E-state index is -0.0283. The number of nitrogens with one attached hydrogen (secondary N) is 2. The molecule has 0 bridgehead atoms. The maximum atomic E-state index is 11.1. The third kappa shape index (κ3) is 3.63. The van der Waals surface area contributed by atoms with Crippen LogP contribution in [0.1, 0.15) is 42.8 Å². The summed E-state index contributed by atoms with van der Waals surface area (Å²) in [6.45, 7) is 4.03. The Balaban J connectivity index is 1.50. The maximum Gasteiger partial charge on any atom is 0.217 e. The van der Waals surface area contributed by atoms with Crippen LogP contribution in [0.15, 0.2) is 48.7 Å². The normalized spacial score (nSPS) is 17.7. The van der Waals surface area contributed by atoms with E-state index in [4.69, 9.17) is 4.98 Å². The highest BCUT2D eigenvalue weighted by Crippen LogP contribution is 2.32. The second-order valence-corrected chi connectivity index (χ2v) is 6.99. The first kappa shape index (κ1) is 16.8. The topological polar surface area (TPSA) is 61.0 Å². The predicted octanol–water partition coefficient (Wildman–Crippen LogP) is 3.54. The van der Waals surface area contributed by atoms with Gasteiger partial charge in [-0.05, 0) is 54.6 Å². The molecular weight excluding hydrogens is 324 g/mol. The molecule has 1 aromatic carbocycles. The summed E-state index contributed by atoms with van der Waals surface area (Å²) in [5, 5.41) is 4.08. The van der Waals surface area contributed by atoms with Crippen LogP contribution in [-0.4, -0.2) is 27.3 Å². The fourth-order valence-electron chi connectivity index (χ4n) is 3.78. The van der Waals surface area contributed by atoms with Crippen molar-refractivity contribution in [1.29, 1.82) is 0 Å². The molecule has 0 saturated carbocycles. The number of H-pyrrole nitrogens is 1. The van der Waals surface area contributed by atoms with Gasteiger partial charge < -0.3 is 10.3 Å². The summed E-state index contributed by atoms with van der Waals surface area (Å²) in [6.07, 6.45) is 4.30. The Labute approximate surface area is 153 Å². The monoisotopic (exact) mass is 348 g/mol. The number of nitrogens with zero attached hydrogens (tertiary/aromatic N) is 2. The zero-order valence-electron chi connectivity index (χ0n) is 15.0. The summed E-state index contributed by atoms with van der Waals surface area (Å²) >= 11 is 0. The summed E-state index contributed by atoms with van der Waals surface area (Å²) in [7, 11) is 0. The molecule has 1 atom stereocenters. The number of rotatable bonds is 5. The number of benzene rings is 1. The molecule has 5 nitrogen and oxygen atoms in total. The number of likely N-dealkylation sites (tertiary alicyclic amines) is 1. The number of hydrogen-bond acceptors (Lipinski definition) is 3. The molecule has 1 unspecified atom stereocenters. The Morgan fingerprint density at radius 2 is 2.23 bits per heavy atom. The van der Waals surface area contributed by atoms with Crippen LogP contribution in [0.3, 0.4) is 0 Å². The molecule has 5 heteroatoms. The number of carbonyl (C=O) groups is 1. The highest BCUT2D eigenvalue weighted by Gasteiger charge is 2.27. The first-order valence-electron chi connectivity index (χ1n) is 9.19. The number of aromatic nitrogens is 2. The van der Waals surface area contributed by atoms with Crippen LogP contribution in [-0.2, 0) is 17.9 Å². The van der Waals surface area contributed by atoms with Crippen molar-refractivity contribution < 1.29 is 4.79 Å². The van der Waals surface area contributed by atoms with Crippen molar-refractivity contribution in [3.63, 3.8) is 0 Å². The van der Waals surface area contributed by atoms with Crippen molar-refractivity contribution in [2.75, 3.05) is 6.54 Å². The second kappa shape index (κ2) is 7.30. The zero-order valence-corrected chi connectivity index (χ0v) is 15.0. The molecule has 26 heavy (non-hydrogen) atoms. The Hall–Kier alpha value is -2.66. The standard InChI is InChI=1S/C21H24N4O/c1-15(26)23-13-18-4-2-5-19(24-18)21-6-3-11-25(21)14-16-7-8-17-9-10-22-20(17)12-16/h2,4-5,7-10,12,21-22H,3,6,11,13-14H2,1H3,(H,23,26). The minimum absolute atomic E-state index is 0.0283. The van der Waals surface area contributed by atoms with Crippen LogP contribution >= 0.6 is 0 Å².